The highest BCUT2D eigenvalue weighted by Crippen LogP contribution is 2.19. The van der Waals surface area contributed by atoms with Crippen molar-refractivity contribution in [1.82, 2.24) is 10.6 Å². The molecule has 5 heteroatoms. The van der Waals surface area contributed by atoms with Crippen molar-refractivity contribution < 1.29 is 14.7 Å². The molecule has 1 heterocycles. The third-order valence-corrected chi connectivity index (χ3v) is 3.94. The molecular formula is C13H22N2O3. The average molecular weight is 254 g/mol. The van der Waals surface area contributed by atoms with Gasteiger partial charge in [-0.05, 0) is 19.3 Å². The van der Waals surface area contributed by atoms with E-state index in [9.17, 15) is 14.7 Å². The summed E-state index contributed by atoms with van der Waals surface area (Å²) in [6.45, 7) is 0.424. The van der Waals surface area contributed by atoms with Crippen LogP contribution in [-0.2, 0) is 9.59 Å². The van der Waals surface area contributed by atoms with Gasteiger partial charge in [0.1, 0.15) is 0 Å². The number of rotatable bonds is 2. The number of amides is 2. The zero-order chi connectivity index (χ0) is 13.0. The smallest absolute Gasteiger partial charge is 0.225 e. The third-order valence-electron chi connectivity index (χ3n) is 3.94. The van der Waals surface area contributed by atoms with Gasteiger partial charge in [-0.25, -0.2) is 0 Å². The van der Waals surface area contributed by atoms with Crippen LogP contribution in [0.5, 0.6) is 0 Å². The summed E-state index contributed by atoms with van der Waals surface area (Å²) < 4.78 is 0. The monoisotopic (exact) mass is 254 g/mol. The summed E-state index contributed by atoms with van der Waals surface area (Å²) in [7, 11) is 0. The molecule has 5 nitrogen and oxygen atoms in total. The second-order valence-electron chi connectivity index (χ2n) is 5.36. The Morgan fingerprint density at radius 2 is 2.00 bits per heavy atom. The summed E-state index contributed by atoms with van der Waals surface area (Å²) in [5, 5.41) is 15.6. The Bertz CT molecular complexity index is 309. The number of aliphatic hydroxyl groups is 1. The topological polar surface area (TPSA) is 78.4 Å². The fourth-order valence-electron chi connectivity index (χ4n) is 2.71. The van der Waals surface area contributed by atoms with Gasteiger partial charge < -0.3 is 15.7 Å². The molecule has 1 saturated heterocycles. The van der Waals surface area contributed by atoms with Gasteiger partial charge in [-0.3, -0.25) is 9.59 Å². The Labute approximate surface area is 107 Å². The maximum absolute atomic E-state index is 12.1. The Morgan fingerprint density at radius 3 is 2.72 bits per heavy atom. The molecule has 1 aliphatic carbocycles. The summed E-state index contributed by atoms with van der Waals surface area (Å²) in [5.74, 6) is -0.146. The summed E-state index contributed by atoms with van der Waals surface area (Å²) in [6.07, 6.45) is 5.46. The maximum Gasteiger partial charge on any atom is 0.225 e. The predicted molar refractivity (Wildman–Crippen MR) is 66.8 cm³/mol. The van der Waals surface area contributed by atoms with Gasteiger partial charge >= 0.3 is 0 Å². The molecule has 2 fully saturated rings. The first-order chi connectivity index (χ1) is 8.66. The minimum absolute atomic E-state index is 0.0218. The minimum atomic E-state index is -0.422. The minimum Gasteiger partial charge on any atom is -0.391 e. The van der Waals surface area contributed by atoms with E-state index >= 15 is 0 Å². The Hall–Kier alpha value is -1.10. The molecule has 0 radical (unpaired) electrons. The van der Waals surface area contributed by atoms with Crippen molar-refractivity contribution >= 4 is 11.8 Å². The van der Waals surface area contributed by atoms with E-state index in [1.807, 2.05) is 0 Å². The summed E-state index contributed by atoms with van der Waals surface area (Å²) in [6, 6.07) is -0.113. The van der Waals surface area contributed by atoms with Crippen LogP contribution >= 0.6 is 0 Å². The summed E-state index contributed by atoms with van der Waals surface area (Å²) in [5.41, 5.74) is 0. The molecule has 3 N–H and O–H groups in total. The largest absolute Gasteiger partial charge is 0.391 e. The van der Waals surface area contributed by atoms with E-state index in [-0.39, 0.29) is 23.8 Å². The van der Waals surface area contributed by atoms with Crippen molar-refractivity contribution in [3.8, 4) is 0 Å². The standard InChI is InChI=1S/C13H22N2O3/c16-11-5-3-1-2-4-10(11)15-13(18)9-6-7-12(17)14-8-9/h9-11,16H,1-8H2,(H,14,17)(H,15,18). The molecule has 0 bridgehead atoms. The van der Waals surface area contributed by atoms with Crippen LogP contribution < -0.4 is 10.6 Å². The highest BCUT2D eigenvalue weighted by Gasteiger charge is 2.28. The van der Waals surface area contributed by atoms with E-state index in [1.54, 1.807) is 0 Å². The lowest BCUT2D eigenvalue weighted by Gasteiger charge is -2.26. The molecule has 1 saturated carbocycles. The van der Waals surface area contributed by atoms with Crippen molar-refractivity contribution in [1.29, 1.82) is 0 Å². The van der Waals surface area contributed by atoms with Crippen LogP contribution in [0.4, 0.5) is 0 Å². The number of carbonyl (C=O) groups is 2. The number of carbonyl (C=O) groups excluding carboxylic acids is 2. The van der Waals surface area contributed by atoms with Crippen LogP contribution in [0.2, 0.25) is 0 Å². The molecule has 2 aliphatic rings. The van der Waals surface area contributed by atoms with E-state index in [1.165, 1.54) is 0 Å². The van der Waals surface area contributed by atoms with Crippen LogP contribution in [0.15, 0.2) is 0 Å². The van der Waals surface area contributed by atoms with E-state index in [2.05, 4.69) is 10.6 Å². The fourth-order valence-corrected chi connectivity index (χ4v) is 2.71. The molecule has 3 atom stereocenters. The van der Waals surface area contributed by atoms with Gasteiger partial charge in [-0.1, -0.05) is 19.3 Å². The number of nitrogens with one attached hydrogen (secondary N) is 2. The summed E-state index contributed by atoms with van der Waals surface area (Å²) >= 11 is 0. The molecular weight excluding hydrogens is 232 g/mol. The second kappa shape index (κ2) is 6.18. The molecule has 0 aromatic heterocycles. The fraction of sp³-hybridized carbons (Fsp3) is 0.846. The molecule has 102 valence electrons. The number of aliphatic hydroxyl groups excluding tert-OH is 1. The lowest BCUT2D eigenvalue weighted by molar-refractivity contribution is -0.130. The van der Waals surface area contributed by atoms with Crippen LogP contribution in [-0.4, -0.2) is 35.6 Å². The van der Waals surface area contributed by atoms with Gasteiger partial charge in [0.15, 0.2) is 0 Å². The zero-order valence-electron chi connectivity index (χ0n) is 10.7. The number of hydrogen-bond acceptors (Lipinski definition) is 3. The maximum atomic E-state index is 12.1. The third kappa shape index (κ3) is 3.45. The van der Waals surface area contributed by atoms with Gasteiger partial charge in [0.05, 0.1) is 18.1 Å². The highest BCUT2D eigenvalue weighted by atomic mass is 16.3. The molecule has 0 spiro atoms. The molecule has 18 heavy (non-hydrogen) atoms. The van der Waals surface area contributed by atoms with Crippen molar-refractivity contribution in [3.05, 3.63) is 0 Å². The molecule has 0 aromatic carbocycles. The van der Waals surface area contributed by atoms with Gasteiger partial charge in [-0.15, -0.1) is 0 Å². The Morgan fingerprint density at radius 1 is 1.22 bits per heavy atom. The molecule has 1 aliphatic heterocycles. The molecule has 3 unspecified atom stereocenters. The lowest BCUT2D eigenvalue weighted by Crippen LogP contribution is -2.49. The van der Waals surface area contributed by atoms with E-state index in [4.69, 9.17) is 0 Å². The van der Waals surface area contributed by atoms with Gasteiger partial charge in [0.25, 0.3) is 0 Å². The Kier molecular flexibility index (Phi) is 4.58. The molecule has 0 aromatic rings. The van der Waals surface area contributed by atoms with Crippen LogP contribution in [0.1, 0.15) is 44.9 Å². The Balaban J connectivity index is 1.84. The highest BCUT2D eigenvalue weighted by molar-refractivity contribution is 5.83. The SMILES string of the molecule is O=C1CCC(C(=O)NC2CCCCCC2O)CN1. The van der Waals surface area contributed by atoms with E-state index in [0.29, 0.717) is 19.4 Å². The first-order valence-electron chi connectivity index (χ1n) is 6.92. The van der Waals surface area contributed by atoms with Gasteiger partial charge in [0.2, 0.25) is 11.8 Å². The van der Waals surface area contributed by atoms with E-state index in [0.717, 1.165) is 32.1 Å². The number of piperidine rings is 1. The van der Waals surface area contributed by atoms with Crippen LogP contribution in [0.25, 0.3) is 0 Å². The summed E-state index contributed by atoms with van der Waals surface area (Å²) in [4.78, 5) is 23.1. The van der Waals surface area contributed by atoms with Gasteiger partial charge in [-0.2, -0.15) is 0 Å². The molecule has 2 amide bonds. The average Bonchev–Trinajstić information content (AvgIpc) is 2.56. The van der Waals surface area contributed by atoms with Crippen molar-refractivity contribution in [3.63, 3.8) is 0 Å². The van der Waals surface area contributed by atoms with Crippen LogP contribution in [0.3, 0.4) is 0 Å². The quantitative estimate of drug-likeness (QED) is 0.621. The molecule has 2 rings (SSSR count). The first kappa shape index (κ1) is 13.3. The van der Waals surface area contributed by atoms with Gasteiger partial charge in [0, 0.05) is 13.0 Å². The first-order valence-corrected chi connectivity index (χ1v) is 6.92. The number of hydrogen-bond donors (Lipinski definition) is 3. The van der Waals surface area contributed by atoms with E-state index < -0.39 is 6.10 Å². The normalized spacial score (nSPS) is 33.4. The second-order valence-corrected chi connectivity index (χ2v) is 5.36. The van der Waals surface area contributed by atoms with Crippen molar-refractivity contribution in [2.75, 3.05) is 6.54 Å². The van der Waals surface area contributed by atoms with Crippen molar-refractivity contribution in [2.45, 2.75) is 57.1 Å². The zero-order valence-corrected chi connectivity index (χ0v) is 10.7. The predicted octanol–water partition coefficient (Wildman–Crippen LogP) is 0.322. The van der Waals surface area contributed by atoms with Crippen molar-refractivity contribution in [2.24, 2.45) is 5.92 Å². The lowest BCUT2D eigenvalue weighted by atomic mass is 9.97. The van der Waals surface area contributed by atoms with Crippen LogP contribution in [0, 0.1) is 5.92 Å².